The Morgan fingerprint density at radius 2 is 1.71 bits per heavy atom. The predicted octanol–water partition coefficient (Wildman–Crippen LogP) is 4.59. The molecule has 8 nitrogen and oxygen atoms in total. The highest BCUT2D eigenvalue weighted by atomic mass is 32.2. The minimum atomic E-state index is -3.51. The molecule has 2 N–H and O–H groups in total. The Morgan fingerprint density at radius 3 is 2.39 bits per heavy atom. The second kappa shape index (κ2) is 10.2. The van der Waals surface area contributed by atoms with E-state index in [1.165, 1.54) is 26.3 Å². The quantitative estimate of drug-likeness (QED) is 0.451. The number of nitrogens with zero attached hydrogens (tertiary/aromatic N) is 1. The van der Waals surface area contributed by atoms with Crippen LogP contribution in [0.3, 0.4) is 0 Å². The van der Waals surface area contributed by atoms with E-state index in [0.29, 0.717) is 12.1 Å². The highest BCUT2D eigenvalue weighted by Gasteiger charge is 2.46. The SMILES string of the molecule is CNS(=O)(=O)c1ccc(CNC(=O)N2CC3(CCCC3)c3cc(-c4ccccc4C(=O)OC)ccc32)cc1. The Hall–Kier alpha value is -3.69. The molecule has 0 saturated heterocycles. The zero-order valence-corrected chi connectivity index (χ0v) is 22.3. The van der Waals surface area contributed by atoms with Gasteiger partial charge in [-0.1, -0.05) is 49.2 Å². The summed E-state index contributed by atoms with van der Waals surface area (Å²) < 4.78 is 31.2. The van der Waals surface area contributed by atoms with Gasteiger partial charge in [0.1, 0.15) is 0 Å². The molecule has 1 spiro atoms. The summed E-state index contributed by atoms with van der Waals surface area (Å²) in [7, 11) is -0.760. The van der Waals surface area contributed by atoms with E-state index in [2.05, 4.69) is 16.1 Å². The van der Waals surface area contributed by atoms with Gasteiger partial charge in [-0.15, -0.1) is 0 Å². The average Bonchev–Trinajstić information content (AvgIpc) is 3.56. The maximum atomic E-state index is 13.4. The number of rotatable bonds is 6. The number of anilines is 1. The summed E-state index contributed by atoms with van der Waals surface area (Å²) in [6, 6.07) is 19.7. The van der Waals surface area contributed by atoms with Crippen molar-refractivity contribution in [2.75, 3.05) is 25.6 Å². The molecule has 1 saturated carbocycles. The first-order valence-corrected chi connectivity index (χ1v) is 14.2. The number of amides is 2. The predicted molar refractivity (Wildman–Crippen MR) is 146 cm³/mol. The summed E-state index contributed by atoms with van der Waals surface area (Å²) >= 11 is 0. The third-order valence-electron chi connectivity index (χ3n) is 7.71. The van der Waals surface area contributed by atoms with Crippen LogP contribution < -0.4 is 14.9 Å². The number of benzene rings is 3. The van der Waals surface area contributed by atoms with Gasteiger partial charge in [0.2, 0.25) is 10.0 Å². The largest absolute Gasteiger partial charge is 0.465 e. The van der Waals surface area contributed by atoms with Crippen molar-refractivity contribution < 1.29 is 22.7 Å². The number of hydrogen-bond acceptors (Lipinski definition) is 5. The Kier molecular flexibility index (Phi) is 6.98. The van der Waals surface area contributed by atoms with Gasteiger partial charge in [-0.2, -0.15) is 0 Å². The van der Waals surface area contributed by atoms with Gasteiger partial charge in [0, 0.05) is 24.2 Å². The molecular weight excluding hydrogens is 502 g/mol. The van der Waals surface area contributed by atoms with Crippen molar-refractivity contribution in [3.63, 3.8) is 0 Å². The number of fused-ring (bicyclic) bond motifs is 2. The molecule has 0 atom stereocenters. The monoisotopic (exact) mass is 533 g/mol. The van der Waals surface area contributed by atoms with Crippen LogP contribution in [0.2, 0.25) is 0 Å². The fourth-order valence-electron chi connectivity index (χ4n) is 5.70. The van der Waals surface area contributed by atoms with E-state index < -0.39 is 10.0 Å². The summed E-state index contributed by atoms with van der Waals surface area (Å²) in [6.07, 6.45) is 4.24. The van der Waals surface area contributed by atoms with Crippen molar-refractivity contribution in [2.45, 2.75) is 42.5 Å². The lowest BCUT2D eigenvalue weighted by molar-refractivity contribution is 0.0601. The Bertz CT molecular complexity index is 1480. The van der Waals surface area contributed by atoms with Crippen LogP contribution >= 0.6 is 0 Å². The smallest absolute Gasteiger partial charge is 0.338 e. The van der Waals surface area contributed by atoms with Gasteiger partial charge < -0.3 is 10.1 Å². The molecule has 0 aromatic heterocycles. The molecule has 3 aromatic rings. The highest BCUT2D eigenvalue weighted by molar-refractivity contribution is 7.89. The second-order valence-corrected chi connectivity index (χ2v) is 11.7. The summed E-state index contributed by atoms with van der Waals surface area (Å²) in [5.74, 6) is -0.380. The van der Waals surface area contributed by atoms with E-state index >= 15 is 0 Å². The molecule has 0 unspecified atom stereocenters. The minimum absolute atomic E-state index is 0.105. The first-order chi connectivity index (χ1) is 18.3. The Labute approximate surface area is 223 Å². The number of carbonyl (C=O) groups is 2. The van der Waals surface area contributed by atoms with Crippen LogP contribution in [0.25, 0.3) is 11.1 Å². The first kappa shape index (κ1) is 25.9. The number of nitrogens with one attached hydrogen (secondary N) is 2. The van der Waals surface area contributed by atoms with Gasteiger partial charge in [0.15, 0.2) is 0 Å². The van der Waals surface area contributed by atoms with Crippen LogP contribution in [-0.4, -0.2) is 41.1 Å². The summed E-state index contributed by atoms with van der Waals surface area (Å²) in [6.45, 7) is 0.887. The molecule has 2 aliphatic rings. The standard InChI is InChI=1S/C29H31N3O5S/c1-30-38(35,36)22-12-9-20(10-13-22)18-31-28(34)32-19-29(15-5-6-16-29)25-17-21(11-14-26(25)32)23-7-3-4-8-24(23)27(33)37-2/h3-4,7-14,17,30H,5-6,15-16,18-19H2,1-2H3,(H,31,34). The number of hydrogen-bond donors (Lipinski definition) is 2. The molecule has 0 bridgehead atoms. The number of urea groups is 1. The third kappa shape index (κ3) is 4.68. The van der Waals surface area contributed by atoms with E-state index in [1.54, 1.807) is 18.2 Å². The fourth-order valence-corrected chi connectivity index (χ4v) is 6.43. The number of ether oxygens (including phenoxy) is 1. The van der Waals surface area contributed by atoms with E-state index in [1.807, 2.05) is 35.2 Å². The molecule has 1 aliphatic carbocycles. The Balaban J connectivity index is 1.40. The molecular formula is C29H31N3O5S. The van der Waals surface area contributed by atoms with Crippen LogP contribution in [0.1, 0.15) is 47.2 Å². The number of carbonyl (C=O) groups excluding carboxylic acids is 2. The number of esters is 1. The van der Waals surface area contributed by atoms with Crippen LogP contribution in [0.5, 0.6) is 0 Å². The molecule has 9 heteroatoms. The van der Waals surface area contributed by atoms with E-state index in [-0.39, 0.29) is 28.9 Å². The topological polar surface area (TPSA) is 105 Å². The molecule has 3 aromatic carbocycles. The number of sulfonamides is 1. The van der Waals surface area contributed by atoms with Gasteiger partial charge in [0.25, 0.3) is 0 Å². The third-order valence-corrected chi connectivity index (χ3v) is 9.15. The van der Waals surface area contributed by atoms with Crippen molar-refractivity contribution in [3.8, 4) is 11.1 Å². The summed E-state index contributed by atoms with van der Waals surface area (Å²) in [4.78, 5) is 27.8. The molecule has 1 aliphatic heterocycles. The van der Waals surface area contributed by atoms with E-state index in [9.17, 15) is 18.0 Å². The maximum absolute atomic E-state index is 13.4. The molecule has 0 radical (unpaired) electrons. The fraction of sp³-hybridized carbons (Fsp3) is 0.310. The van der Waals surface area contributed by atoms with Crippen molar-refractivity contribution in [2.24, 2.45) is 0 Å². The van der Waals surface area contributed by atoms with Crippen molar-refractivity contribution in [3.05, 3.63) is 83.4 Å². The van der Waals surface area contributed by atoms with Crippen molar-refractivity contribution in [1.82, 2.24) is 10.0 Å². The van der Waals surface area contributed by atoms with Gasteiger partial charge in [-0.25, -0.2) is 22.7 Å². The van der Waals surface area contributed by atoms with Gasteiger partial charge in [-0.05, 0) is 72.5 Å². The van der Waals surface area contributed by atoms with Crippen LogP contribution in [0.4, 0.5) is 10.5 Å². The summed E-state index contributed by atoms with van der Waals surface area (Å²) in [5.41, 5.74) is 4.97. The molecule has 198 valence electrons. The molecule has 1 fully saturated rings. The molecule has 5 rings (SSSR count). The van der Waals surface area contributed by atoms with Crippen molar-refractivity contribution in [1.29, 1.82) is 0 Å². The molecule has 38 heavy (non-hydrogen) atoms. The van der Waals surface area contributed by atoms with Gasteiger partial charge >= 0.3 is 12.0 Å². The van der Waals surface area contributed by atoms with Crippen LogP contribution in [0, 0.1) is 0 Å². The number of methoxy groups -OCH3 is 1. The van der Waals surface area contributed by atoms with E-state index in [0.717, 1.165) is 53.6 Å². The van der Waals surface area contributed by atoms with Crippen LogP contribution in [0.15, 0.2) is 71.6 Å². The zero-order chi connectivity index (χ0) is 26.9. The highest BCUT2D eigenvalue weighted by Crippen LogP contribution is 2.51. The van der Waals surface area contributed by atoms with Gasteiger partial charge in [-0.3, -0.25) is 4.90 Å². The van der Waals surface area contributed by atoms with Crippen LogP contribution in [-0.2, 0) is 26.7 Å². The second-order valence-electron chi connectivity index (χ2n) is 9.85. The normalized spacial score (nSPS) is 15.9. The molecule has 1 heterocycles. The van der Waals surface area contributed by atoms with Gasteiger partial charge in [0.05, 0.1) is 17.6 Å². The Morgan fingerprint density at radius 1 is 1.00 bits per heavy atom. The maximum Gasteiger partial charge on any atom is 0.338 e. The lowest BCUT2D eigenvalue weighted by Crippen LogP contribution is -2.41. The summed E-state index contributed by atoms with van der Waals surface area (Å²) in [5, 5.41) is 3.00. The lowest BCUT2D eigenvalue weighted by atomic mass is 9.79. The van der Waals surface area contributed by atoms with E-state index in [4.69, 9.17) is 4.74 Å². The van der Waals surface area contributed by atoms with Crippen molar-refractivity contribution >= 4 is 27.7 Å². The first-order valence-electron chi connectivity index (χ1n) is 12.7. The minimum Gasteiger partial charge on any atom is -0.465 e. The average molecular weight is 534 g/mol. The molecule has 2 amide bonds. The zero-order valence-electron chi connectivity index (χ0n) is 21.5. The lowest BCUT2D eigenvalue weighted by Gasteiger charge is -2.25.